The minimum Gasteiger partial charge on any atom is -0.493 e. The molecule has 0 bridgehead atoms. The lowest BCUT2D eigenvalue weighted by atomic mass is 10.0. The number of imide groups is 1. The van der Waals surface area contributed by atoms with Gasteiger partial charge in [-0.25, -0.2) is 0 Å². The summed E-state index contributed by atoms with van der Waals surface area (Å²) in [6.07, 6.45) is 2.51. The Bertz CT molecular complexity index is 1200. The third-order valence-electron chi connectivity index (χ3n) is 7.31. The lowest BCUT2D eigenvalue weighted by Gasteiger charge is -2.36. The molecule has 37 heavy (non-hydrogen) atoms. The Labute approximate surface area is 226 Å². The van der Waals surface area contributed by atoms with Gasteiger partial charge in [0, 0.05) is 49.4 Å². The molecule has 0 aromatic heterocycles. The van der Waals surface area contributed by atoms with Crippen LogP contribution in [0.5, 0.6) is 5.75 Å². The van der Waals surface area contributed by atoms with Crippen LogP contribution in [0.25, 0.3) is 0 Å². The van der Waals surface area contributed by atoms with Crippen molar-refractivity contribution in [2.45, 2.75) is 38.3 Å². The number of fused-ring (bicyclic) bond motifs is 1. The molecule has 3 amide bonds. The van der Waals surface area contributed by atoms with E-state index in [9.17, 15) is 14.4 Å². The van der Waals surface area contributed by atoms with Gasteiger partial charge >= 0.3 is 0 Å². The van der Waals surface area contributed by atoms with Crippen LogP contribution in [0.4, 0.5) is 5.69 Å². The normalized spacial score (nSPS) is 20.3. The molecular formula is C27H30Cl2N4O4. The Morgan fingerprint density at radius 1 is 0.973 bits per heavy atom. The number of hydrogen-bond donors (Lipinski definition) is 1. The van der Waals surface area contributed by atoms with E-state index in [1.165, 1.54) is 0 Å². The Morgan fingerprint density at radius 2 is 1.78 bits per heavy atom. The fraction of sp³-hybridized carbons (Fsp3) is 0.444. The Morgan fingerprint density at radius 3 is 2.54 bits per heavy atom. The van der Waals surface area contributed by atoms with Crippen LogP contribution in [0.3, 0.4) is 0 Å². The number of carbonyl (C=O) groups is 3. The van der Waals surface area contributed by atoms with Crippen LogP contribution in [0.2, 0.25) is 10.0 Å². The van der Waals surface area contributed by atoms with E-state index in [4.69, 9.17) is 27.9 Å². The third kappa shape index (κ3) is 5.71. The highest BCUT2D eigenvalue weighted by atomic mass is 35.5. The van der Waals surface area contributed by atoms with Crippen molar-refractivity contribution >= 4 is 46.6 Å². The van der Waals surface area contributed by atoms with Crippen molar-refractivity contribution in [1.29, 1.82) is 0 Å². The fourth-order valence-corrected chi connectivity index (χ4v) is 5.52. The number of nitrogens with one attached hydrogen (secondary N) is 1. The van der Waals surface area contributed by atoms with E-state index in [2.05, 4.69) is 15.1 Å². The molecule has 1 atom stereocenters. The van der Waals surface area contributed by atoms with Crippen molar-refractivity contribution in [3.05, 3.63) is 57.6 Å². The number of benzene rings is 2. The maximum Gasteiger partial charge on any atom is 0.255 e. The average Bonchev–Trinajstić information content (AvgIpc) is 3.23. The molecule has 1 N–H and O–H groups in total. The highest BCUT2D eigenvalue weighted by Crippen LogP contribution is 2.33. The maximum atomic E-state index is 13.0. The number of unbranched alkanes of at least 4 members (excludes halogenated alkanes) is 1. The van der Waals surface area contributed by atoms with Crippen LogP contribution in [0.15, 0.2) is 36.4 Å². The molecule has 3 heterocycles. The lowest BCUT2D eigenvalue weighted by Crippen LogP contribution is -2.52. The predicted molar refractivity (Wildman–Crippen MR) is 142 cm³/mol. The van der Waals surface area contributed by atoms with Crippen molar-refractivity contribution in [2.24, 2.45) is 0 Å². The topological polar surface area (TPSA) is 82.2 Å². The van der Waals surface area contributed by atoms with Gasteiger partial charge in [-0.3, -0.25) is 24.6 Å². The maximum absolute atomic E-state index is 13.0. The molecule has 2 fully saturated rings. The number of amides is 3. The van der Waals surface area contributed by atoms with Crippen LogP contribution >= 0.6 is 23.2 Å². The number of carbonyl (C=O) groups excluding carboxylic acids is 3. The molecule has 8 nitrogen and oxygen atoms in total. The first-order valence-electron chi connectivity index (χ1n) is 12.7. The second kappa shape index (κ2) is 11.3. The van der Waals surface area contributed by atoms with Gasteiger partial charge in [-0.05, 0) is 56.1 Å². The Balaban J connectivity index is 1.06. The molecule has 3 aliphatic heterocycles. The quantitative estimate of drug-likeness (QED) is 0.402. The molecule has 3 aliphatic rings. The zero-order valence-corrected chi connectivity index (χ0v) is 22.1. The first-order valence-corrected chi connectivity index (χ1v) is 13.5. The summed E-state index contributed by atoms with van der Waals surface area (Å²) in [4.78, 5) is 43.1. The third-order valence-corrected chi connectivity index (χ3v) is 8.04. The van der Waals surface area contributed by atoms with Crippen molar-refractivity contribution in [3.8, 4) is 5.75 Å². The summed E-state index contributed by atoms with van der Waals surface area (Å²) < 4.78 is 6.08. The van der Waals surface area contributed by atoms with E-state index in [-0.39, 0.29) is 18.2 Å². The van der Waals surface area contributed by atoms with E-state index >= 15 is 0 Å². The summed E-state index contributed by atoms with van der Waals surface area (Å²) in [5.74, 6) is -0.189. The van der Waals surface area contributed by atoms with Crippen molar-refractivity contribution < 1.29 is 19.1 Å². The largest absolute Gasteiger partial charge is 0.493 e. The van der Waals surface area contributed by atoms with Gasteiger partial charge in [-0.2, -0.15) is 0 Å². The number of piperidine rings is 1. The zero-order chi connectivity index (χ0) is 25.9. The number of halogens is 2. The molecule has 2 aromatic carbocycles. The van der Waals surface area contributed by atoms with Gasteiger partial charge in [-0.15, -0.1) is 0 Å². The van der Waals surface area contributed by atoms with Gasteiger partial charge in [0.05, 0.1) is 23.2 Å². The molecule has 196 valence electrons. The second-order valence-electron chi connectivity index (χ2n) is 9.66. The summed E-state index contributed by atoms with van der Waals surface area (Å²) in [5, 5.41) is 3.49. The summed E-state index contributed by atoms with van der Waals surface area (Å²) in [5.41, 5.74) is 2.49. The molecule has 0 radical (unpaired) electrons. The number of ether oxygens (including phenoxy) is 1. The number of nitrogens with zero attached hydrogens (tertiary/aromatic N) is 3. The van der Waals surface area contributed by atoms with Crippen molar-refractivity contribution in [2.75, 3.05) is 44.2 Å². The van der Waals surface area contributed by atoms with Crippen LogP contribution in [-0.2, 0) is 16.1 Å². The predicted octanol–water partition coefficient (Wildman–Crippen LogP) is 3.74. The SMILES string of the molecule is O=C1CCC(N2Cc3c(OCCCCN4CCN(c5ccc(Cl)c(Cl)c5)CC4)cccc3C2=O)C(=O)N1. The van der Waals surface area contributed by atoms with Gasteiger partial charge in [0.1, 0.15) is 11.8 Å². The molecule has 0 spiro atoms. The molecule has 2 aromatic rings. The highest BCUT2D eigenvalue weighted by molar-refractivity contribution is 6.42. The van der Waals surface area contributed by atoms with E-state index in [0.717, 1.165) is 56.8 Å². The first kappa shape index (κ1) is 25.8. The standard InChI is InChI=1S/C27H30Cl2N4O4/c28-21-7-6-18(16-22(21)29)32-13-11-31(12-14-32)10-1-2-15-37-24-5-3-4-19-20(24)17-33(27(19)36)23-8-9-25(34)30-26(23)35/h3-7,16,23H,1-2,8-15,17H2,(H,30,34,35). The molecule has 5 rings (SSSR count). The molecule has 0 aliphatic carbocycles. The number of anilines is 1. The Kier molecular flexibility index (Phi) is 7.88. The average molecular weight is 545 g/mol. The molecule has 2 saturated heterocycles. The monoisotopic (exact) mass is 544 g/mol. The molecule has 10 heteroatoms. The Hall–Kier alpha value is -2.81. The summed E-state index contributed by atoms with van der Waals surface area (Å²) in [6, 6.07) is 10.6. The fourth-order valence-electron chi connectivity index (χ4n) is 5.22. The highest BCUT2D eigenvalue weighted by Gasteiger charge is 2.40. The minimum absolute atomic E-state index is 0.185. The smallest absolute Gasteiger partial charge is 0.255 e. The summed E-state index contributed by atoms with van der Waals surface area (Å²) in [6.45, 7) is 5.76. The lowest BCUT2D eigenvalue weighted by molar-refractivity contribution is -0.136. The molecular weight excluding hydrogens is 515 g/mol. The molecule has 1 unspecified atom stereocenters. The van der Waals surface area contributed by atoms with Crippen molar-refractivity contribution in [3.63, 3.8) is 0 Å². The van der Waals surface area contributed by atoms with Gasteiger partial charge in [0.25, 0.3) is 5.91 Å². The van der Waals surface area contributed by atoms with Crippen LogP contribution < -0.4 is 15.0 Å². The van der Waals surface area contributed by atoms with Gasteiger partial charge in [0.15, 0.2) is 0 Å². The number of piperazine rings is 1. The number of hydrogen-bond acceptors (Lipinski definition) is 6. The van der Waals surface area contributed by atoms with Gasteiger partial charge in [0.2, 0.25) is 11.8 Å². The molecule has 0 saturated carbocycles. The minimum atomic E-state index is -0.623. The van der Waals surface area contributed by atoms with Crippen LogP contribution in [-0.4, -0.2) is 72.9 Å². The van der Waals surface area contributed by atoms with E-state index < -0.39 is 11.9 Å². The van der Waals surface area contributed by atoms with E-state index in [1.54, 1.807) is 11.0 Å². The van der Waals surface area contributed by atoms with Gasteiger partial charge in [-0.1, -0.05) is 29.3 Å². The summed E-state index contributed by atoms with van der Waals surface area (Å²) >= 11 is 12.2. The first-order chi connectivity index (χ1) is 17.9. The number of rotatable bonds is 8. The van der Waals surface area contributed by atoms with Crippen LogP contribution in [0.1, 0.15) is 41.6 Å². The van der Waals surface area contributed by atoms with Gasteiger partial charge < -0.3 is 14.5 Å². The van der Waals surface area contributed by atoms with E-state index in [0.29, 0.717) is 40.9 Å². The summed E-state index contributed by atoms with van der Waals surface area (Å²) in [7, 11) is 0. The van der Waals surface area contributed by atoms with Crippen LogP contribution in [0, 0.1) is 0 Å². The van der Waals surface area contributed by atoms with E-state index in [1.807, 2.05) is 30.3 Å². The zero-order valence-electron chi connectivity index (χ0n) is 20.6. The van der Waals surface area contributed by atoms with Crippen molar-refractivity contribution in [1.82, 2.24) is 15.1 Å². The second-order valence-corrected chi connectivity index (χ2v) is 10.5.